The Hall–Kier alpha value is -2.58. The zero-order valence-corrected chi connectivity index (χ0v) is 15.9. The van der Waals surface area contributed by atoms with Gasteiger partial charge in [0.1, 0.15) is 6.04 Å². The minimum absolute atomic E-state index is 0.120. The van der Waals surface area contributed by atoms with Crippen molar-refractivity contribution in [2.75, 3.05) is 26.7 Å². The number of nitrogens with zero attached hydrogens (tertiary/aromatic N) is 2. The molecule has 0 spiro atoms. The zero-order valence-electron chi connectivity index (χ0n) is 15.9. The quantitative estimate of drug-likeness (QED) is 0.700. The van der Waals surface area contributed by atoms with Crippen molar-refractivity contribution in [2.24, 2.45) is 5.92 Å². The summed E-state index contributed by atoms with van der Waals surface area (Å²) in [5, 5.41) is 5.57. The van der Waals surface area contributed by atoms with Crippen LogP contribution in [0.3, 0.4) is 0 Å². The predicted molar refractivity (Wildman–Crippen MR) is 100 cm³/mol. The van der Waals surface area contributed by atoms with Gasteiger partial charge in [0.05, 0.1) is 11.1 Å². The van der Waals surface area contributed by atoms with E-state index in [2.05, 4.69) is 15.5 Å². The molecule has 2 fully saturated rings. The predicted octanol–water partition coefficient (Wildman–Crippen LogP) is 0.129. The van der Waals surface area contributed by atoms with Gasteiger partial charge in [-0.3, -0.25) is 29.4 Å². The smallest absolute Gasteiger partial charge is 0.262 e. The molecule has 2 N–H and O–H groups in total. The molecule has 3 aliphatic heterocycles. The molecule has 1 aromatic carbocycles. The van der Waals surface area contributed by atoms with E-state index >= 15 is 0 Å². The zero-order chi connectivity index (χ0) is 19.8. The third-order valence-corrected chi connectivity index (χ3v) is 5.73. The van der Waals surface area contributed by atoms with Gasteiger partial charge in [-0.25, -0.2) is 0 Å². The second-order valence-electron chi connectivity index (χ2n) is 7.84. The molecule has 2 saturated heterocycles. The molecule has 4 rings (SSSR count). The average molecular weight is 384 g/mol. The third kappa shape index (κ3) is 3.33. The largest absolute Gasteiger partial charge is 0.316 e. The van der Waals surface area contributed by atoms with Crippen LogP contribution in [-0.2, 0) is 16.1 Å². The third-order valence-electron chi connectivity index (χ3n) is 5.73. The van der Waals surface area contributed by atoms with Crippen LogP contribution in [0.1, 0.15) is 45.5 Å². The summed E-state index contributed by atoms with van der Waals surface area (Å²) in [5.41, 5.74) is 1.51. The van der Waals surface area contributed by atoms with Crippen LogP contribution in [-0.4, -0.2) is 66.2 Å². The number of hydrogen-bond donors (Lipinski definition) is 2. The highest BCUT2D eigenvalue weighted by Gasteiger charge is 2.45. The molecule has 148 valence electrons. The maximum atomic E-state index is 13.1. The van der Waals surface area contributed by atoms with Crippen LogP contribution >= 0.6 is 0 Å². The second-order valence-corrected chi connectivity index (χ2v) is 7.84. The van der Waals surface area contributed by atoms with Crippen molar-refractivity contribution < 1.29 is 19.2 Å². The summed E-state index contributed by atoms with van der Waals surface area (Å²) in [6.07, 6.45) is 1.42. The Bertz CT molecular complexity index is 847. The van der Waals surface area contributed by atoms with E-state index in [0.717, 1.165) is 36.5 Å². The van der Waals surface area contributed by atoms with Crippen LogP contribution in [0.5, 0.6) is 0 Å². The fourth-order valence-corrected chi connectivity index (χ4v) is 4.38. The first-order chi connectivity index (χ1) is 13.5. The fraction of sp³-hybridized carbons (Fsp3) is 0.500. The van der Waals surface area contributed by atoms with Crippen LogP contribution in [0.15, 0.2) is 18.2 Å². The Balaban J connectivity index is 1.55. The fourth-order valence-electron chi connectivity index (χ4n) is 4.38. The molecule has 0 bridgehead atoms. The lowest BCUT2D eigenvalue weighted by atomic mass is 10.0. The number of rotatable bonds is 5. The summed E-state index contributed by atoms with van der Waals surface area (Å²) in [6.45, 7) is 3.50. The summed E-state index contributed by atoms with van der Waals surface area (Å²) < 4.78 is 0. The molecule has 3 aliphatic rings. The van der Waals surface area contributed by atoms with Gasteiger partial charge >= 0.3 is 0 Å². The van der Waals surface area contributed by atoms with Crippen LogP contribution < -0.4 is 10.6 Å². The van der Waals surface area contributed by atoms with Crippen molar-refractivity contribution in [2.45, 2.75) is 31.8 Å². The molecule has 2 atom stereocenters. The number of hydrogen-bond acceptors (Lipinski definition) is 6. The van der Waals surface area contributed by atoms with Gasteiger partial charge in [-0.05, 0) is 50.5 Å². The minimum Gasteiger partial charge on any atom is -0.316 e. The molecule has 8 heteroatoms. The maximum Gasteiger partial charge on any atom is 0.262 e. The number of amides is 4. The summed E-state index contributed by atoms with van der Waals surface area (Å²) in [5.74, 6) is -1.28. The van der Waals surface area contributed by atoms with Gasteiger partial charge in [-0.15, -0.1) is 0 Å². The van der Waals surface area contributed by atoms with Crippen molar-refractivity contribution in [3.63, 3.8) is 0 Å². The lowest BCUT2D eigenvalue weighted by Gasteiger charge is -2.28. The molecule has 3 heterocycles. The summed E-state index contributed by atoms with van der Waals surface area (Å²) in [4.78, 5) is 52.8. The minimum atomic E-state index is -0.930. The molecule has 0 radical (unpaired) electrons. The summed E-state index contributed by atoms with van der Waals surface area (Å²) in [7, 11) is 2.01. The number of benzene rings is 1. The van der Waals surface area contributed by atoms with E-state index < -0.39 is 23.8 Å². The number of fused-ring (bicyclic) bond motifs is 1. The molecule has 0 aliphatic carbocycles. The first-order valence-corrected chi connectivity index (χ1v) is 9.68. The van der Waals surface area contributed by atoms with Gasteiger partial charge in [0.15, 0.2) is 0 Å². The first kappa shape index (κ1) is 18.8. The molecule has 8 nitrogen and oxygen atoms in total. The standard InChI is InChI=1S/C20H24N4O4/c1-23(10-12-7-8-21-9-12)11-13-3-2-4-14-17(13)20(28)24(19(14)27)15-5-6-16(25)22-18(15)26/h2-4,12,15,21H,5-11H2,1H3,(H,22,25,26)/t12-,15?/m0/s1. The van der Waals surface area contributed by atoms with E-state index in [1.165, 1.54) is 0 Å². The Kier molecular flexibility index (Phi) is 4.99. The van der Waals surface area contributed by atoms with Gasteiger partial charge in [0, 0.05) is 19.5 Å². The average Bonchev–Trinajstić information content (AvgIpc) is 3.24. The van der Waals surface area contributed by atoms with E-state index in [4.69, 9.17) is 0 Å². The Labute approximate surface area is 163 Å². The monoisotopic (exact) mass is 384 g/mol. The van der Waals surface area contributed by atoms with Crippen LogP contribution in [0.25, 0.3) is 0 Å². The molecule has 0 saturated carbocycles. The lowest BCUT2D eigenvalue weighted by molar-refractivity contribution is -0.136. The molecule has 0 aromatic heterocycles. The Morgan fingerprint density at radius 1 is 1.14 bits per heavy atom. The van der Waals surface area contributed by atoms with Gasteiger partial charge in [0.25, 0.3) is 11.8 Å². The molecule has 28 heavy (non-hydrogen) atoms. The molecule has 4 amide bonds. The second kappa shape index (κ2) is 7.44. The highest BCUT2D eigenvalue weighted by molar-refractivity contribution is 6.24. The van der Waals surface area contributed by atoms with Crippen LogP contribution in [0.4, 0.5) is 0 Å². The summed E-state index contributed by atoms with van der Waals surface area (Å²) >= 11 is 0. The summed E-state index contributed by atoms with van der Waals surface area (Å²) in [6, 6.07) is 4.34. The van der Waals surface area contributed by atoms with Crippen LogP contribution in [0.2, 0.25) is 0 Å². The SMILES string of the molecule is CN(Cc1cccc2c1C(=O)N(C1CCC(=O)NC1=O)C2=O)C[C@H]1CCNC1. The van der Waals surface area contributed by atoms with E-state index in [9.17, 15) is 19.2 Å². The van der Waals surface area contributed by atoms with Crippen molar-refractivity contribution in [1.82, 2.24) is 20.4 Å². The lowest BCUT2D eigenvalue weighted by Crippen LogP contribution is -2.54. The number of piperidine rings is 1. The van der Waals surface area contributed by atoms with E-state index in [1.54, 1.807) is 12.1 Å². The van der Waals surface area contributed by atoms with Crippen molar-refractivity contribution in [3.05, 3.63) is 34.9 Å². The van der Waals surface area contributed by atoms with E-state index in [1.807, 2.05) is 13.1 Å². The van der Waals surface area contributed by atoms with E-state index in [0.29, 0.717) is 23.6 Å². The van der Waals surface area contributed by atoms with Gasteiger partial charge in [0.2, 0.25) is 11.8 Å². The van der Waals surface area contributed by atoms with E-state index in [-0.39, 0.29) is 18.7 Å². The Morgan fingerprint density at radius 2 is 1.96 bits per heavy atom. The molecular weight excluding hydrogens is 360 g/mol. The number of nitrogens with one attached hydrogen (secondary N) is 2. The van der Waals surface area contributed by atoms with Gasteiger partial charge in [-0.1, -0.05) is 12.1 Å². The van der Waals surface area contributed by atoms with Crippen molar-refractivity contribution in [3.8, 4) is 0 Å². The normalized spacial score (nSPS) is 24.9. The topological polar surface area (TPSA) is 98.8 Å². The molecular formula is C20H24N4O4. The first-order valence-electron chi connectivity index (χ1n) is 9.68. The Morgan fingerprint density at radius 3 is 2.68 bits per heavy atom. The highest BCUT2D eigenvalue weighted by Crippen LogP contribution is 2.30. The molecule has 1 unspecified atom stereocenters. The van der Waals surface area contributed by atoms with Crippen molar-refractivity contribution in [1.29, 1.82) is 0 Å². The van der Waals surface area contributed by atoms with Crippen LogP contribution in [0, 0.1) is 5.92 Å². The number of carbonyl (C=O) groups excluding carboxylic acids is 4. The molecule has 1 aromatic rings. The van der Waals surface area contributed by atoms with Gasteiger partial charge < -0.3 is 10.2 Å². The maximum absolute atomic E-state index is 13.1. The van der Waals surface area contributed by atoms with Crippen molar-refractivity contribution >= 4 is 23.6 Å². The number of carbonyl (C=O) groups is 4. The number of imide groups is 2. The highest BCUT2D eigenvalue weighted by atomic mass is 16.2. The van der Waals surface area contributed by atoms with Gasteiger partial charge in [-0.2, -0.15) is 0 Å².